The van der Waals surface area contributed by atoms with Crippen LogP contribution >= 0.6 is 11.8 Å². The highest BCUT2D eigenvalue weighted by Crippen LogP contribution is 2.32. The Labute approximate surface area is 122 Å². The van der Waals surface area contributed by atoms with Crippen molar-refractivity contribution in [3.63, 3.8) is 0 Å². The Kier molecular flexibility index (Phi) is 4.78. The summed E-state index contributed by atoms with van der Waals surface area (Å²) in [6.07, 6.45) is 1.98. The number of aryl methyl sites for hydroxylation is 1. The number of hydrogen-bond acceptors (Lipinski definition) is 2. The van der Waals surface area contributed by atoms with E-state index in [9.17, 15) is 8.78 Å². The molecule has 20 heavy (non-hydrogen) atoms. The molecule has 2 rings (SSSR count). The van der Waals surface area contributed by atoms with Crippen molar-refractivity contribution in [3.05, 3.63) is 64.7 Å². The van der Waals surface area contributed by atoms with Crippen molar-refractivity contribution in [1.29, 1.82) is 0 Å². The third kappa shape index (κ3) is 2.86. The molecular weight excluding hydrogens is 276 g/mol. The highest BCUT2D eigenvalue weighted by Gasteiger charge is 2.20. The number of rotatable bonds is 4. The Balaban J connectivity index is 2.55. The maximum absolute atomic E-state index is 14.1. The Hall–Kier alpha value is -1.39. The van der Waals surface area contributed by atoms with Crippen LogP contribution in [-0.4, -0.2) is 13.3 Å². The molecule has 1 atom stereocenters. The third-order valence-electron chi connectivity index (χ3n) is 3.33. The first-order valence-electron chi connectivity index (χ1n) is 6.34. The van der Waals surface area contributed by atoms with Crippen LogP contribution in [0.25, 0.3) is 0 Å². The average molecular weight is 293 g/mol. The van der Waals surface area contributed by atoms with E-state index in [2.05, 4.69) is 5.32 Å². The fourth-order valence-corrected chi connectivity index (χ4v) is 2.92. The lowest BCUT2D eigenvalue weighted by molar-refractivity contribution is 0.546. The van der Waals surface area contributed by atoms with Gasteiger partial charge in [-0.1, -0.05) is 18.2 Å². The van der Waals surface area contributed by atoms with Gasteiger partial charge in [-0.2, -0.15) is 0 Å². The van der Waals surface area contributed by atoms with Gasteiger partial charge in [-0.05, 0) is 43.5 Å². The van der Waals surface area contributed by atoms with Gasteiger partial charge in [-0.15, -0.1) is 11.8 Å². The molecule has 1 nitrogen and oxygen atoms in total. The maximum atomic E-state index is 14.1. The predicted octanol–water partition coefficient (Wildman–Crippen LogP) is 4.30. The van der Waals surface area contributed by atoms with Gasteiger partial charge < -0.3 is 5.32 Å². The molecule has 0 aliphatic rings. The van der Waals surface area contributed by atoms with Crippen LogP contribution in [0, 0.1) is 18.6 Å². The van der Waals surface area contributed by atoms with Gasteiger partial charge in [-0.3, -0.25) is 0 Å². The zero-order chi connectivity index (χ0) is 14.7. The monoisotopic (exact) mass is 293 g/mol. The lowest BCUT2D eigenvalue weighted by Crippen LogP contribution is -2.20. The van der Waals surface area contributed by atoms with Crippen LogP contribution in [0.2, 0.25) is 0 Å². The van der Waals surface area contributed by atoms with Crippen LogP contribution in [0.3, 0.4) is 0 Å². The summed E-state index contributed by atoms with van der Waals surface area (Å²) in [7, 11) is 1.78. The summed E-state index contributed by atoms with van der Waals surface area (Å²) in [4.78, 5) is 1.08. The molecule has 0 aliphatic carbocycles. The molecule has 2 aromatic carbocycles. The molecule has 0 saturated carbocycles. The number of hydrogen-bond donors (Lipinski definition) is 1. The normalized spacial score (nSPS) is 12.4. The smallest absolute Gasteiger partial charge is 0.131 e. The summed E-state index contributed by atoms with van der Waals surface area (Å²) in [5, 5.41) is 3.12. The van der Waals surface area contributed by atoms with Crippen molar-refractivity contribution in [2.45, 2.75) is 17.9 Å². The topological polar surface area (TPSA) is 12.0 Å². The molecular formula is C16H17F2NS. The van der Waals surface area contributed by atoms with E-state index < -0.39 is 11.6 Å². The van der Waals surface area contributed by atoms with Crippen molar-refractivity contribution in [1.82, 2.24) is 5.32 Å². The van der Waals surface area contributed by atoms with Crippen LogP contribution in [0.1, 0.15) is 22.7 Å². The second-order valence-electron chi connectivity index (χ2n) is 4.59. The molecule has 0 spiro atoms. The van der Waals surface area contributed by atoms with Crippen LogP contribution in [0.4, 0.5) is 8.78 Å². The van der Waals surface area contributed by atoms with E-state index in [0.29, 0.717) is 11.1 Å². The standard InChI is InChI=1S/C16H17F2NS/c1-10-8-12(14(18)9-13(10)17)16(19-2)11-6-4-5-7-15(11)20-3/h4-9,16,19H,1-3H3. The molecule has 1 unspecified atom stereocenters. The molecule has 1 N–H and O–H groups in total. The first-order valence-corrected chi connectivity index (χ1v) is 7.56. The minimum absolute atomic E-state index is 0.294. The number of thioether (sulfide) groups is 1. The van der Waals surface area contributed by atoms with Crippen molar-refractivity contribution < 1.29 is 8.78 Å². The molecule has 4 heteroatoms. The van der Waals surface area contributed by atoms with Gasteiger partial charge in [-0.25, -0.2) is 8.78 Å². The van der Waals surface area contributed by atoms with Crippen molar-refractivity contribution in [2.75, 3.05) is 13.3 Å². The van der Waals surface area contributed by atoms with E-state index >= 15 is 0 Å². The molecule has 0 bridgehead atoms. The zero-order valence-electron chi connectivity index (χ0n) is 11.7. The summed E-state index contributed by atoms with van der Waals surface area (Å²) in [5.74, 6) is -1.04. The second-order valence-corrected chi connectivity index (χ2v) is 5.43. The lowest BCUT2D eigenvalue weighted by Gasteiger charge is -2.21. The fourth-order valence-electron chi connectivity index (χ4n) is 2.28. The largest absolute Gasteiger partial charge is 0.309 e. The van der Waals surface area contributed by atoms with Crippen molar-refractivity contribution >= 4 is 11.8 Å². The predicted molar refractivity (Wildman–Crippen MR) is 80.2 cm³/mol. The minimum atomic E-state index is -0.525. The summed E-state index contributed by atoms with van der Waals surface area (Å²) < 4.78 is 27.5. The SMILES string of the molecule is CNC(c1cc(C)c(F)cc1F)c1ccccc1SC. The molecule has 2 aromatic rings. The van der Waals surface area contributed by atoms with Gasteiger partial charge in [0.25, 0.3) is 0 Å². The lowest BCUT2D eigenvalue weighted by atomic mass is 9.96. The molecule has 0 saturated heterocycles. The molecule has 0 heterocycles. The fraction of sp³-hybridized carbons (Fsp3) is 0.250. The Bertz CT molecular complexity index is 613. The molecule has 0 aliphatic heterocycles. The summed E-state index contributed by atoms with van der Waals surface area (Å²) >= 11 is 1.61. The van der Waals surface area contributed by atoms with Crippen molar-refractivity contribution in [3.8, 4) is 0 Å². The summed E-state index contributed by atoms with van der Waals surface area (Å²) in [6.45, 7) is 1.64. The Morgan fingerprint density at radius 2 is 1.75 bits per heavy atom. The molecule has 0 aromatic heterocycles. The Morgan fingerprint density at radius 1 is 1.05 bits per heavy atom. The molecule has 0 fully saturated rings. The number of nitrogens with one attached hydrogen (secondary N) is 1. The van der Waals surface area contributed by atoms with Crippen LogP contribution in [-0.2, 0) is 0 Å². The van der Waals surface area contributed by atoms with E-state index in [1.54, 1.807) is 31.8 Å². The number of halogens is 2. The highest BCUT2D eigenvalue weighted by atomic mass is 32.2. The van der Waals surface area contributed by atoms with E-state index in [-0.39, 0.29) is 6.04 Å². The van der Waals surface area contributed by atoms with E-state index in [4.69, 9.17) is 0 Å². The van der Waals surface area contributed by atoms with Gasteiger partial charge >= 0.3 is 0 Å². The Morgan fingerprint density at radius 3 is 2.40 bits per heavy atom. The molecule has 106 valence electrons. The first kappa shape index (κ1) is 15.0. The van der Waals surface area contributed by atoms with E-state index in [1.807, 2.05) is 30.5 Å². The van der Waals surface area contributed by atoms with Crippen LogP contribution < -0.4 is 5.32 Å². The van der Waals surface area contributed by atoms with Gasteiger partial charge in [0.05, 0.1) is 6.04 Å². The van der Waals surface area contributed by atoms with Gasteiger partial charge in [0.15, 0.2) is 0 Å². The number of benzene rings is 2. The first-order chi connectivity index (χ1) is 9.58. The molecule has 0 amide bonds. The summed E-state index contributed by atoms with van der Waals surface area (Å²) in [6, 6.07) is 10.1. The van der Waals surface area contributed by atoms with Crippen molar-refractivity contribution in [2.24, 2.45) is 0 Å². The van der Waals surface area contributed by atoms with Gasteiger partial charge in [0, 0.05) is 16.5 Å². The minimum Gasteiger partial charge on any atom is -0.309 e. The summed E-state index contributed by atoms with van der Waals surface area (Å²) in [5.41, 5.74) is 1.91. The maximum Gasteiger partial charge on any atom is 0.131 e. The second kappa shape index (κ2) is 6.37. The molecule has 0 radical (unpaired) electrons. The van der Waals surface area contributed by atoms with E-state index in [0.717, 1.165) is 16.5 Å². The highest BCUT2D eigenvalue weighted by molar-refractivity contribution is 7.98. The van der Waals surface area contributed by atoms with Crippen LogP contribution in [0.5, 0.6) is 0 Å². The zero-order valence-corrected chi connectivity index (χ0v) is 12.5. The average Bonchev–Trinajstić information content (AvgIpc) is 2.45. The quantitative estimate of drug-likeness (QED) is 0.843. The van der Waals surface area contributed by atoms with Gasteiger partial charge in [0.1, 0.15) is 11.6 Å². The van der Waals surface area contributed by atoms with E-state index in [1.165, 1.54) is 0 Å². The van der Waals surface area contributed by atoms with Gasteiger partial charge in [0.2, 0.25) is 0 Å². The third-order valence-corrected chi connectivity index (χ3v) is 4.14. The van der Waals surface area contributed by atoms with Crippen LogP contribution in [0.15, 0.2) is 41.3 Å².